The maximum Gasteiger partial charge on any atom is 0.396 e. The van der Waals surface area contributed by atoms with Gasteiger partial charge in [-0.2, -0.15) is 0 Å². The highest BCUT2D eigenvalue weighted by molar-refractivity contribution is 7.16. The fourth-order valence-corrected chi connectivity index (χ4v) is 4.71. The van der Waals surface area contributed by atoms with Gasteiger partial charge in [-0.15, -0.1) is 0 Å². The van der Waals surface area contributed by atoms with Crippen LogP contribution in [0.3, 0.4) is 0 Å². The maximum atomic E-state index is 12.0. The minimum Gasteiger partial charge on any atom is -0.463 e. The molecule has 0 unspecified atom stereocenters. The molecule has 1 aromatic heterocycles. The van der Waals surface area contributed by atoms with E-state index in [1.807, 2.05) is 0 Å². The van der Waals surface area contributed by atoms with Crippen molar-refractivity contribution < 1.29 is 47.3 Å². The van der Waals surface area contributed by atoms with Gasteiger partial charge in [0.15, 0.2) is 17.8 Å². The summed E-state index contributed by atoms with van der Waals surface area (Å²) >= 11 is 13.3. The summed E-state index contributed by atoms with van der Waals surface area (Å²) in [5.41, 5.74) is 0.0624. The van der Waals surface area contributed by atoms with Crippen LogP contribution in [-0.4, -0.2) is 61.1 Å². The summed E-state index contributed by atoms with van der Waals surface area (Å²) in [5.74, 6) is -2.76. The van der Waals surface area contributed by atoms with Crippen molar-refractivity contribution in [3.05, 3.63) is 25.8 Å². The predicted octanol–water partition coefficient (Wildman–Crippen LogP) is 2.20. The highest BCUT2D eigenvalue weighted by Gasteiger charge is 2.52. The highest BCUT2D eigenvalue weighted by atomic mass is 35.5. The van der Waals surface area contributed by atoms with Crippen molar-refractivity contribution >= 4 is 68.6 Å². The largest absolute Gasteiger partial charge is 0.463 e. The monoisotopic (exact) mass is 565 g/mol. The van der Waals surface area contributed by atoms with Crippen LogP contribution < -0.4 is 15.0 Å². The molecule has 1 aliphatic rings. The Kier molecular flexibility index (Phi) is 8.82. The minimum atomic E-state index is -1.42. The van der Waals surface area contributed by atoms with Crippen molar-refractivity contribution in [3.8, 4) is 5.75 Å². The summed E-state index contributed by atoms with van der Waals surface area (Å²) in [6.07, 6.45) is -5.21. The number of nitrogens with one attached hydrogen (secondary N) is 1. The lowest BCUT2D eigenvalue weighted by atomic mass is 9.96. The van der Waals surface area contributed by atoms with Gasteiger partial charge in [-0.3, -0.25) is 19.2 Å². The molecule has 0 saturated carbocycles. The molecule has 2 heterocycles. The van der Waals surface area contributed by atoms with Gasteiger partial charge in [-0.05, 0) is 0 Å². The minimum absolute atomic E-state index is 0.0506. The second-order valence-electron chi connectivity index (χ2n) is 7.62. The lowest BCUT2D eigenvalue weighted by Gasteiger charge is -2.44. The van der Waals surface area contributed by atoms with Gasteiger partial charge >= 0.3 is 22.8 Å². The quantitative estimate of drug-likeness (QED) is 0.387. The summed E-state index contributed by atoms with van der Waals surface area (Å²) in [7, 11) is 0. The number of ether oxygens (including phenoxy) is 5. The molecule has 0 aliphatic carbocycles. The molecule has 1 amide bonds. The van der Waals surface area contributed by atoms with E-state index < -0.39 is 66.0 Å². The fraction of sp³-hybridized carbons (Fsp3) is 0.476. The van der Waals surface area contributed by atoms with Crippen LogP contribution in [-0.2, 0) is 38.1 Å². The van der Waals surface area contributed by atoms with Crippen LogP contribution >= 0.6 is 34.5 Å². The summed E-state index contributed by atoms with van der Waals surface area (Å²) < 4.78 is 33.0. The Morgan fingerprint density at radius 2 is 1.64 bits per heavy atom. The molecule has 15 heteroatoms. The van der Waals surface area contributed by atoms with Crippen molar-refractivity contribution in [1.29, 1.82) is 0 Å². The molecule has 3 rings (SSSR count). The second-order valence-corrected chi connectivity index (χ2v) is 9.36. The van der Waals surface area contributed by atoms with Crippen LogP contribution in [0.25, 0.3) is 10.3 Å². The normalized spacial score (nSPS) is 23.6. The summed E-state index contributed by atoms with van der Waals surface area (Å²) in [4.78, 5) is 58.3. The average molecular weight is 566 g/mol. The number of benzene rings is 1. The van der Waals surface area contributed by atoms with E-state index in [4.69, 9.17) is 51.3 Å². The zero-order valence-corrected chi connectivity index (χ0v) is 21.7. The molecule has 0 spiro atoms. The first-order valence-corrected chi connectivity index (χ1v) is 11.9. The number of carbonyl (C=O) groups excluding carboxylic acids is 4. The molecule has 5 atom stereocenters. The maximum absolute atomic E-state index is 12.0. The summed E-state index contributed by atoms with van der Waals surface area (Å²) in [6, 6.07) is 0.158. The van der Waals surface area contributed by atoms with Gasteiger partial charge in [0, 0.05) is 33.8 Å². The van der Waals surface area contributed by atoms with E-state index in [0.29, 0.717) is 4.70 Å². The van der Waals surface area contributed by atoms with Crippen molar-refractivity contribution in [2.75, 3.05) is 6.61 Å². The van der Waals surface area contributed by atoms with Crippen LogP contribution in [0.2, 0.25) is 10.0 Å². The molecule has 12 nitrogen and oxygen atoms in total. The predicted molar refractivity (Wildman–Crippen MR) is 125 cm³/mol. The zero-order chi connectivity index (χ0) is 26.7. The molecule has 1 saturated heterocycles. The van der Waals surface area contributed by atoms with E-state index in [2.05, 4.69) is 5.32 Å². The number of hydrogen-bond acceptors (Lipinski definition) is 12. The number of carbonyl (C=O) groups is 4. The fourth-order valence-electron chi connectivity index (χ4n) is 3.53. The van der Waals surface area contributed by atoms with Crippen molar-refractivity contribution in [1.82, 2.24) is 5.32 Å². The van der Waals surface area contributed by atoms with Gasteiger partial charge < -0.3 is 33.4 Å². The molecular weight excluding hydrogens is 545 g/mol. The molecule has 1 fully saturated rings. The Morgan fingerprint density at radius 1 is 1.00 bits per heavy atom. The standard InChI is InChI=1S/C21H21Cl2NO11S/c1-7(25)24-16-19(32-10(4)28)17(31-9(3)27)12(6-30-8(2)26)34-20(16)33-11-5-13-18(15(23)14(11)22)35-21(29)36-13/h5,12,16-17,19-20H,6H2,1-4H3,(H,24,25)/t12-,16+,17+,19+,20-/m0/s1. The number of hydrogen-bond donors (Lipinski definition) is 1. The van der Waals surface area contributed by atoms with Crippen molar-refractivity contribution in [2.45, 2.75) is 58.3 Å². The molecule has 0 bridgehead atoms. The smallest absolute Gasteiger partial charge is 0.396 e. The molecular formula is C21H21Cl2NO11S. The first kappa shape index (κ1) is 27.7. The first-order valence-electron chi connectivity index (χ1n) is 10.4. The van der Waals surface area contributed by atoms with Crippen LogP contribution in [0, 0.1) is 0 Å². The molecule has 196 valence electrons. The topological polar surface area (TPSA) is 157 Å². The molecule has 2 aromatic rings. The Morgan fingerprint density at radius 3 is 2.22 bits per heavy atom. The summed E-state index contributed by atoms with van der Waals surface area (Å²) in [5, 5.41) is 2.34. The van der Waals surface area contributed by atoms with Gasteiger partial charge in [0.2, 0.25) is 12.2 Å². The SMILES string of the molecule is CC(=O)N[C@H]1[C@@H](Oc2cc3sc(=O)oc3c(Cl)c2Cl)O[C@@H](COC(C)=O)[C@@H](OC(C)=O)[C@@H]1OC(C)=O. The molecule has 1 aliphatic heterocycles. The van der Waals surface area contributed by atoms with Crippen LogP contribution in [0.1, 0.15) is 27.7 Å². The van der Waals surface area contributed by atoms with E-state index in [9.17, 15) is 24.0 Å². The number of halogens is 2. The van der Waals surface area contributed by atoms with E-state index >= 15 is 0 Å². The Hall–Kier alpha value is -2.87. The zero-order valence-electron chi connectivity index (χ0n) is 19.3. The van der Waals surface area contributed by atoms with E-state index in [0.717, 1.165) is 32.1 Å². The Bertz CT molecular complexity index is 1240. The number of fused-ring (bicyclic) bond motifs is 1. The third-order valence-corrected chi connectivity index (χ3v) is 6.39. The molecule has 1 aromatic carbocycles. The third kappa shape index (κ3) is 6.46. The molecule has 36 heavy (non-hydrogen) atoms. The lowest BCUT2D eigenvalue weighted by molar-refractivity contribution is -0.257. The van der Waals surface area contributed by atoms with Gasteiger partial charge in [-0.25, -0.2) is 4.79 Å². The van der Waals surface area contributed by atoms with Gasteiger partial charge in [0.25, 0.3) is 0 Å². The van der Waals surface area contributed by atoms with E-state index in [1.165, 1.54) is 13.0 Å². The number of esters is 3. The van der Waals surface area contributed by atoms with E-state index in [-0.39, 0.29) is 21.4 Å². The Labute approximate surface area is 217 Å². The van der Waals surface area contributed by atoms with Gasteiger partial charge in [-0.1, -0.05) is 34.5 Å². The van der Waals surface area contributed by atoms with Crippen LogP contribution in [0.4, 0.5) is 0 Å². The van der Waals surface area contributed by atoms with Crippen LogP contribution in [0.15, 0.2) is 15.3 Å². The van der Waals surface area contributed by atoms with Crippen molar-refractivity contribution in [2.24, 2.45) is 0 Å². The number of amides is 1. The van der Waals surface area contributed by atoms with Gasteiger partial charge in [0.05, 0.1) is 4.70 Å². The average Bonchev–Trinajstić information content (AvgIpc) is 3.13. The molecule has 1 N–H and O–H groups in total. The van der Waals surface area contributed by atoms with E-state index in [1.54, 1.807) is 0 Å². The summed E-state index contributed by atoms with van der Waals surface area (Å²) in [6.45, 7) is 4.19. The highest BCUT2D eigenvalue weighted by Crippen LogP contribution is 2.41. The van der Waals surface area contributed by atoms with Crippen molar-refractivity contribution in [3.63, 3.8) is 0 Å². The van der Waals surface area contributed by atoms with Gasteiger partial charge in [0.1, 0.15) is 34.5 Å². The third-order valence-electron chi connectivity index (χ3n) is 4.79. The molecule has 0 radical (unpaired) electrons. The van der Waals surface area contributed by atoms with Crippen LogP contribution in [0.5, 0.6) is 5.75 Å². The first-order chi connectivity index (χ1) is 16.9. The number of rotatable bonds is 7. The second kappa shape index (κ2) is 11.5. The lowest BCUT2D eigenvalue weighted by Crippen LogP contribution is -2.67. The Balaban J connectivity index is 2.07.